The molecule has 30 heavy (non-hydrogen) atoms. The summed E-state index contributed by atoms with van der Waals surface area (Å²) in [6.45, 7) is 11.1. The van der Waals surface area contributed by atoms with Crippen molar-refractivity contribution in [3.63, 3.8) is 0 Å². The molecule has 0 fully saturated rings. The van der Waals surface area contributed by atoms with E-state index in [2.05, 4.69) is 26.1 Å². The zero-order valence-electron chi connectivity index (χ0n) is 18.6. The fourth-order valence-corrected chi connectivity index (χ4v) is 3.43. The van der Waals surface area contributed by atoms with E-state index in [1.54, 1.807) is 0 Å². The number of hydrogen-bond acceptors (Lipinski definition) is 3. The number of amides is 2. The standard InChI is InChI=1S/C25H32N2O3/c1-6-18-7-9-19(10-8-18)23(28)26-20-11-12-22-21(15-20)27(14-13-17(2)3)24(29)25(4,5)16-30-22/h7-12,15,17H,6,13-14,16H2,1-5H3,(H,26,28). The normalized spacial score (nSPS) is 15.4. The Morgan fingerprint density at radius 2 is 1.87 bits per heavy atom. The summed E-state index contributed by atoms with van der Waals surface area (Å²) in [5.41, 5.74) is 2.54. The first-order valence-corrected chi connectivity index (χ1v) is 10.7. The molecule has 5 nitrogen and oxygen atoms in total. The van der Waals surface area contributed by atoms with Gasteiger partial charge in [-0.25, -0.2) is 0 Å². The number of ether oxygens (including phenoxy) is 1. The average Bonchev–Trinajstić information content (AvgIpc) is 2.81. The van der Waals surface area contributed by atoms with Crippen molar-refractivity contribution >= 4 is 23.2 Å². The van der Waals surface area contributed by atoms with Crippen LogP contribution < -0.4 is 15.0 Å². The number of carbonyl (C=O) groups excluding carboxylic acids is 2. The van der Waals surface area contributed by atoms with Crippen molar-refractivity contribution in [2.75, 3.05) is 23.4 Å². The third kappa shape index (κ3) is 4.84. The van der Waals surface area contributed by atoms with Gasteiger partial charge in [0.25, 0.3) is 5.91 Å². The Morgan fingerprint density at radius 3 is 2.50 bits per heavy atom. The number of anilines is 2. The van der Waals surface area contributed by atoms with Gasteiger partial charge in [0, 0.05) is 17.8 Å². The highest BCUT2D eigenvalue weighted by Crippen LogP contribution is 2.38. The topological polar surface area (TPSA) is 58.6 Å². The van der Waals surface area contributed by atoms with Crippen molar-refractivity contribution in [1.82, 2.24) is 0 Å². The van der Waals surface area contributed by atoms with Gasteiger partial charge in [-0.2, -0.15) is 0 Å². The maximum atomic E-state index is 13.2. The van der Waals surface area contributed by atoms with Crippen LogP contribution in [-0.2, 0) is 11.2 Å². The van der Waals surface area contributed by atoms with E-state index < -0.39 is 5.41 Å². The van der Waals surface area contributed by atoms with E-state index in [0.717, 1.165) is 12.8 Å². The van der Waals surface area contributed by atoms with Crippen LogP contribution in [-0.4, -0.2) is 25.0 Å². The van der Waals surface area contributed by atoms with Crippen LogP contribution in [0.4, 0.5) is 11.4 Å². The summed E-state index contributed by atoms with van der Waals surface area (Å²) in [5, 5.41) is 2.95. The fourth-order valence-electron chi connectivity index (χ4n) is 3.43. The van der Waals surface area contributed by atoms with Gasteiger partial charge in [-0.1, -0.05) is 32.9 Å². The fraction of sp³-hybridized carbons (Fsp3) is 0.440. The quantitative estimate of drug-likeness (QED) is 0.706. The van der Waals surface area contributed by atoms with Crippen molar-refractivity contribution in [3.05, 3.63) is 53.6 Å². The lowest BCUT2D eigenvalue weighted by Gasteiger charge is -2.28. The third-order valence-corrected chi connectivity index (χ3v) is 5.47. The van der Waals surface area contributed by atoms with Crippen LogP contribution in [0.3, 0.4) is 0 Å². The van der Waals surface area contributed by atoms with Crippen LogP contribution >= 0.6 is 0 Å². The van der Waals surface area contributed by atoms with Gasteiger partial charge < -0.3 is 15.0 Å². The van der Waals surface area contributed by atoms with Crippen molar-refractivity contribution in [2.45, 2.75) is 47.5 Å². The number of fused-ring (bicyclic) bond motifs is 1. The van der Waals surface area contributed by atoms with Gasteiger partial charge in [0.2, 0.25) is 5.91 Å². The molecule has 5 heteroatoms. The van der Waals surface area contributed by atoms with E-state index in [1.807, 2.05) is 61.2 Å². The van der Waals surface area contributed by atoms with E-state index in [-0.39, 0.29) is 11.8 Å². The van der Waals surface area contributed by atoms with Gasteiger partial charge in [0.15, 0.2) is 0 Å². The smallest absolute Gasteiger partial charge is 0.255 e. The maximum Gasteiger partial charge on any atom is 0.255 e. The van der Waals surface area contributed by atoms with Gasteiger partial charge >= 0.3 is 0 Å². The van der Waals surface area contributed by atoms with E-state index in [1.165, 1.54) is 5.56 Å². The van der Waals surface area contributed by atoms with Crippen LogP contribution in [0.1, 0.15) is 57.0 Å². The summed E-state index contributed by atoms with van der Waals surface area (Å²) >= 11 is 0. The molecule has 0 spiro atoms. The molecule has 0 radical (unpaired) electrons. The Bertz CT molecular complexity index is 916. The number of carbonyl (C=O) groups is 2. The monoisotopic (exact) mass is 408 g/mol. The molecule has 0 saturated carbocycles. The van der Waals surface area contributed by atoms with Crippen LogP contribution in [0.15, 0.2) is 42.5 Å². The summed E-state index contributed by atoms with van der Waals surface area (Å²) in [4.78, 5) is 27.7. The molecule has 0 atom stereocenters. The molecular formula is C25H32N2O3. The third-order valence-electron chi connectivity index (χ3n) is 5.47. The first kappa shape index (κ1) is 21.9. The summed E-state index contributed by atoms with van der Waals surface area (Å²) in [5.74, 6) is 1.01. The summed E-state index contributed by atoms with van der Waals surface area (Å²) < 4.78 is 5.97. The van der Waals surface area contributed by atoms with Gasteiger partial charge in [0.05, 0.1) is 11.1 Å². The van der Waals surface area contributed by atoms with E-state index in [9.17, 15) is 9.59 Å². The molecule has 3 rings (SSSR count). The highest BCUT2D eigenvalue weighted by molar-refractivity contribution is 6.05. The number of nitrogens with zero attached hydrogens (tertiary/aromatic N) is 1. The molecule has 0 unspecified atom stereocenters. The maximum absolute atomic E-state index is 13.2. The largest absolute Gasteiger partial charge is 0.490 e. The van der Waals surface area contributed by atoms with Gasteiger partial charge in [0.1, 0.15) is 12.4 Å². The SMILES string of the molecule is CCc1ccc(C(=O)Nc2ccc3c(c2)N(CCC(C)C)C(=O)C(C)(C)CO3)cc1. The number of nitrogens with one attached hydrogen (secondary N) is 1. The van der Waals surface area contributed by atoms with Gasteiger partial charge in [-0.3, -0.25) is 9.59 Å². The number of benzene rings is 2. The Labute approximate surface area is 179 Å². The number of aryl methyl sites for hydroxylation is 1. The van der Waals surface area contributed by atoms with E-state index >= 15 is 0 Å². The van der Waals surface area contributed by atoms with Crippen molar-refractivity contribution in [2.24, 2.45) is 11.3 Å². The molecule has 2 amide bonds. The highest BCUT2D eigenvalue weighted by atomic mass is 16.5. The highest BCUT2D eigenvalue weighted by Gasteiger charge is 2.37. The minimum absolute atomic E-state index is 0.0422. The van der Waals surface area contributed by atoms with Crippen molar-refractivity contribution in [1.29, 1.82) is 0 Å². The second kappa shape index (κ2) is 8.90. The first-order chi connectivity index (χ1) is 14.2. The van der Waals surface area contributed by atoms with Crippen LogP contribution in [0.25, 0.3) is 0 Å². The molecule has 2 aromatic carbocycles. The van der Waals surface area contributed by atoms with Crippen molar-refractivity contribution < 1.29 is 14.3 Å². The molecule has 160 valence electrons. The lowest BCUT2D eigenvalue weighted by Crippen LogP contribution is -2.42. The lowest BCUT2D eigenvalue weighted by molar-refractivity contribution is -0.127. The van der Waals surface area contributed by atoms with Crippen LogP contribution in [0.5, 0.6) is 5.75 Å². The van der Waals surface area contributed by atoms with Gasteiger partial charge in [-0.05, 0) is 68.5 Å². The Balaban J connectivity index is 1.88. The number of rotatable bonds is 6. The van der Waals surface area contributed by atoms with Crippen molar-refractivity contribution in [3.8, 4) is 5.75 Å². The molecule has 1 aliphatic rings. The number of hydrogen-bond donors (Lipinski definition) is 1. The second-order valence-corrected chi connectivity index (χ2v) is 9.00. The Kier molecular flexibility index (Phi) is 6.49. The molecular weight excluding hydrogens is 376 g/mol. The Hall–Kier alpha value is -2.82. The van der Waals surface area contributed by atoms with E-state index in [0.29, 0.717) is 41.8 Å². The van der Waals surface area contributed by atoms with E-state index in [4.69, 9.17) is 4.74 Å². The summed E-state index contributed by atoms with van der Waals surface area (Å²) in [6, 6.07) is 13.1. The zero-order chi connectivity index (χ0) is 21.9. The predicted molar refractivity (Wildman–Crippen MR) is 121 cm³/mol. The molecule has 0 bridgehead atoms. The minimum atomic E-state index is -0.611. The van der Waals surface area contributed by atoms with Crippen LogP contribution in [0, 0.1) is 11.3 Å². The summed E-state index contributed by atoms with van der Waals surface area (Å²) in [6.07, 6.45) is 1.82. The molecule has 2 aromatic rings. The lowest BCUT2D eigenvalue weighted by atomic mass is 9.92. The zero-order valence-corrected chi connectivity index (χ0v) is 18.6. The summed E-state index contributed by atoms with van der Waals surface area (Å²) in [7, 11) is 0. The molecule has 0 aliphatic carbocycles. The molecule has 1 heterocycles. The predicted octanol–water partition coefficient (Wildman–Crippen LogP) is 5.30. The molecule has 0 aromatic heterocycles. The molecule has 0 saturated heterocycles. The van der Waals surface area contributed by atoms with Crippen LogP contribution in [0.2, 0.25) is 0 Å². The Morgan fingerprint density at radius 1 is 1.17 bits per heavy atom. The second-order valence-electron chi connectivity index (χ2n) is 9.00. The average molecular weight is 409 g/mol. The minimum Gasteiger partial charge on any atom is -0.490 e. The first-order valence-electron chi connectivity index (χ1n) is 10.7. The van der Waals surface area contributed by atoms with Gasteiger partial charge in [-0.15, -0.1) is 0 Å². The molecule has 1 N–H and O–H groups in total. The molecule has 1 aliphatic heterocycles.